The van der Waals surface area contributed by atoms with Crippen LogP contribution in [-0.4, -0.2) is 17.4 Å². The standard InChI is InChI=1S/C27H40N2O/c1-22(2)9-6-10-23(3)11-7-12-24(4)13-8-14-25(5)15-20-29-27(30)21-26-16-18-28-19-17-26/h9,11,13,15-19H,6-8,10,12,14,20-21H2,1-5H3,(H,29,30). The normalized spacial score (nSPS) is 12.6. The minimum Gasteiger partial charge on any atom is -0.352 e. The molecule has 164 valence electrons. The maximum atomic E-state index is 12.0. The van der Waals surface area contributed by atoms with Crippen LogP contribution in [0.2, 0.25) is 0 Å². The zero-order chi connectivity index (χ0) is 22.2. The lowest BCUT2D eigenvalue weighted by atomic mass is 10.0. The molecule has 1 aromatic heterocycles. The molecule has 0 saturated heterocycles. The van der Waals surface area contributed by atoms with Gasteiger partial charge < -0.3 is 5.32 Å². The second-order valence-electron chi connectivity index (χ2n) is 8.39. The fourth-order valence-corrected chi connectivity index (χ4v) is 3.07. The van der Waals surface area contributed by atoms with E-state index in [-0.39, 0.29) is 5.91 Å². The number of rotatable bonds is 13. The van der Waals surface area contributed by atoms with Gasteiger partial charge in [-0.05, 0) is 90.8 Å². The Morgan fingerprint density at radius 3 is 1.83 bits per heavy atom. The van der Waals surface area contributed by atoms with Crippen LogP contribution < -0.4 is 5.32 Å². The lowest BCUT2D eigenvalue weighted by molar-refractivity contribution is -0.120. The Kier molecular flexibility index (Phi) is 13.2. The van der Waals surface area contributed by atoms with Gasteiger partial charge in [-0.25, -0.2) is 0 Å². The van der Waals surface area contributed by atoms with Gasteiger partial charge in [-0.3, -0.25) is 9.78 Å². The minimum absolute atomic E-state index is 0.0465. The summed E-state index contributed by atoms with van der Waals surface area (Å²) in [5.74, 6) is 0.0465. The zero-order valence-corrected chi connectivity index (χ0v) is 19.6. The first-order valence-electron chi connectivity index (χ1n) is 11.1. The van der Waals surface area contributed by atoms with Crippen molar-refractivity contribution in [1.29, 1.82) is 0 Å². The highest BCUT2D eigenvalue weighted by molar-refractivity contribution is 5.78. The van der Waals surface area contributed by atoms with Crippen LogP contribution in [0.25, 0.3) is 0 Å². The highest BCUT2D eigenvalue weighted by Gasteiger charge is 2.01. The van der Waals surface area contributed by atoms with Crippen molar-refractivity contribution < 1.29 is 4.79 Å². The number of nitrogens with zero attached hydrogens (tertiary/aromatic N) is 1. The summed E-state index contributed by atoms with van der Waals surface area (Å²) in [6, 6.07) is 3.74. The summed E-state index contributed by atoms with van der Waals surface area (Å²) in [5.41, 5.74) is 6.66. The van der Waals surface area contributed by atoms with E-state index in [9.17, 15) is 4.79 Å². The number of nitrogens with one attached hydrogen (secondary N) is 1. The molecule has 0 radical (unpaired) electrons. The van der Waals surface area contributed by atoms with Gasteiger partial charge in [-0.15, -0.1) is 0 Å². The van der Waals surface area contributed by atoms with Gasteiger partial charge in [0.1, 0.15) is 0 Å². The van der Waals surface area contributed by atoms with Gasteiger partial charge >= 0.3 is 0 Å². The topological polar surface area (TPSA) is 42.0 Å². The second-order valence-corrected chi connectivity index (χ2v) is 8.39. The lowest BCUT2D eigenvalue weighted by Crippen LogP contribution is -2.25. The molecular weight excluding hydrogens is 368 g/mol. The van der Waals surface area contributed by atoms with Crippen LogP contribution in [0.1, 0.15) is 78.7 Å². The smallest absolute Gasteiger partial charge is 0.224 e. The molecule has 0 bridgehead atoms. The molecule has 0 aliphatic carbocycles. The van der Waals surface area contributed by atoms with E-state index in [0.29, 0.717) is 13.0 Å². The summed E-state index contributed by atoms with van der Waals surface area (Å²) in [6.45, 7) is 11.5. The van der Waals surface area contributed by atoms with Gasteiger partial charge in [-0.1, -0.05) is 46.6 Å². The van der Waals surface area contributed by atoms with Crippen LogP contribution in [0.5, 0.6) is 0 Å². The molecule has 1 amide bonds. The number of allylic oxidation sites excluding steroid dienone is 7. The summed E-state index contributed by atoms with van der Waals surface area (Å²) < 4.78 is 0. The molecule has 0 aliphatic rings. The molecule has 1 N–H and O–H groups in total. The van der Waals surface area contributed by atoms with Gasteiger partial charge in [0.05, 0.1) is 6.42 Å². The SMILES string of the molecule is CC(C)=CCCC(C)=CCCC(C)=CCCC(C)=CCNC(=O)Cc1ccncc1. The number of hydrogen-bond donors (Lipinski definition) is 1. The maximum Gasteiger partial charge on any atom is 0.224 e. The molecule has 1 rings (SSSR count). The van der Waals surface area contributed by atoms with Crippen LogP contribution in [0, 0.1) is 0 Å². The Bertz CT molecular complexity index is 750. The predicted octanol–water partition coefficient (Wildman–Crippen LogP) is 6.89. The summed E-state index contributed by atoms with van der Waals surface area (Å²) in [6.07, 6.45) is 19.7. The van der Waals surface area contributed by atoms with E-state index < -0.39 is 0 Å². The zero-order valence-electron chi connectivity index (χ0n) is 19.6. The molecular formula is C27H40N2O. The number of carbonyl (C=O) groups excluding carboxylic acids is 1. The largest absolute Gasteiger partial charge is 0.352 e. The first-order valence-corrected chi connectivity index (χ1v) is 11.1. The van der Waals surface area contributed by atoms with Gasteiger partial charge in [0.25, 0.3) is 0 Å². The summed E-state index contributed by atoms with van der Waals surface area (Å²) in [4.78, 5) is 15.9. The van der Waals surface area contributed by atoms with Crippen molar-refractivity contribution in [2.45, 2.75) is 79.6 Å². The number of pyridine rings is 1. The third-order valence-electron chi connectivity index (χ3n) is 5.02. The molecule has 3 heteroatoms. The van der Waals surface area contributed by atoms with E-state index in [1.165, 1.54) is 22.3 Å². The van der Waals surface area contributed by atoms with E-state index in [4.69, 9.17) is 0 Å². The van der Waals surface area contributed by atoms with Crippen molar-refractivity contribution in [2.75, 3.05) is 6.54 Å². The Balaban J connectivity index is 2.21. The fourth-order valence-electron chi connectivity index (χ4n) is 3.07. The maximum absolute atomic E-state index is 12.0. The molecule has 0 saturated carbocycles. The average molecular weight is 409 g/mol. The highest BCUT2D eigenvalue weighted by atomic mass is 16.1. The molecule has 0 aliphatic heterocycles. The Labute approximate surface area is 184 Å². The number of hydrogen-bond acceptors (Lipinski definition) is 2. The molecule has 0 spiro atoms. The number of amides is 1. The average Bonchev–Trinajstić information content (AvgIpc) is 2.68. The molecule has 0 fully saturated rings. The van der Waals surface area contributed by atoms with Crippen molar-refractivity contribution in [3.63, 3.8) is 0 Å². The van der Waals surface area contributed by atoms with Crippen LogP contribution in [-0.2, 0) is 11.2 Å². The lowest BCUT2D eigenvalue weighted by Gasteiger charge is -2.04. The van der Waals surface area contributed by atoms with Crippen molar-refractivity contribution in [2.24, 2.45) is 0 Å². The summed E-state index contributed by atoms with van der Waals surface area (Å²) in [5, 5.41) is 2.96. The van der Waals surface area contributed by atoms with E-state index in [1.807, 2.05) is 12.1 Å². The number of carbonyl (C=O) groups is 1. The Hall–Kier alpha value is -2.42. The summed E-state index contributed by atoms with van der Waals surface area (Å²) in [7, 11) is 0. The molecule has 1 heterocycles. The van der Waals surface area contributed by atoms with E-state index >= 15 is 0 Å². The predicted molar refractivity (Wildman–Crippen MR) is 129 cm³/mol. The van der Waals surface area contributed by atoms with Gasteiger partial charge in [0.15, 0.2) is 0 Å². The molecule has 30 heavy (non-hydrogen) atoms. The third kappa shape index (κ3) is 13.7. The van der Waals surface area contributed by atoms with Gasteiger partial charge in [-0.2, -0.15) is 0 Å². The van der Waals surface area contributed by atoms with Gasteiger partial charge in [0.2, 0.25) is 5.91 Å². The molecule has 0 unspecified atom stereocenters. The van der Waals surface area contributed by atoms with E-state index in [1.54, 1.807) is 12.4 Å². The van der Waals surface area contributed by atoms with Crippen molar-refractivity contribution >= 4 is 5.91 Å². The van der Waals surface area contributed by atoms with Crippen LogP contribution in [0.3, 0.4) is 0 Å². The van der Waals surface area contributed by atoms with Gasteiger partial charge in [0, 0.05) is 18.9 Å². The van der Waals surface area contributed by atoms with Crippen LogP contribution in [0.4, 0.5) is 0 Å². The van der Waals surface area contributed by atoms with E-state index in [2.05, 4.69) is 69.2 Å². The molecule has 0 atom stereocenters. The first-order chi connectivity index (χ1) is 14.4. The Morgan fingerprint density at radius 1 is 0.800 bits per heavy atom. The van der Waals surface area contributed by atoms with E-state index in [0.717, 1.165) is 44.1 Å². The molecule has 0 aromatic carbocycles. The van der Waals surface area contributed by atoms with Crippen LogP contribution in [0.15, 0.2) is 71.1 Å². The van der Waals surface area contributed by atoms with Crippen molar-refractivity contribution in [3.8, 4) is 0 Å². The van der Waals surface area contributed by atoms with Crippen LogP contribution >= 0.6 is 0 Å². The molecule has 1 aromatic rings. The highest BCUT2D eigenvalue weighted by Crippen LogP contribution is 2.13. The second kappa shape index (κ2) is 15.4. The summed E-state index contributed by atoms with van der Waals surface area (Å²) >= 11 is 0. The number of aromatic nitrogens is 1. The van der Waals surface area contributed by atoms with Crippen molar-refractivity contribution in [1.82, 2.24) is 10.3 Å². The quantitative estimate of drug-likeness (QED) is 0.361. The fraction of sp³-hybridized carbons (Fsp3) is 0.481. The Morgan fingerprint density at radius 2 is 1.30 bits per heavy atom. The minimum atomic E-state index is 0.0465. The molecule has 3 nitrogen and oxygen atoms in total. The monoisotopic (exact) mass is 408 g/mol. The first kappa shape index (κ1) is 25.6. The third-order valence-corrected chi connectivity index (χ3v) is 5.02. The van der Waals surface area contributed by atoms with Crippen molar-refractivity contribution in [3.05, 3.63) is 76.7 Å².